The van der Waals surface area contributed by atoms with Crippen LogP contribution in [0.4, 0.5) is 5.69 Å². The highest BCUT2D eigenvalue weighted by atomic mass is 35.5. The molecule has 1 aliphatic carbocycles. The predicted molar refractivity (Wildman–Crippen MR) is 88.3 cm³/mol. The summed E-state index contributed by atoms with van der Waals surface area (Å²) < 4.78 is 1.83. The van der Waals surface area contributed by atoms with Gasteiger partial charge >= 0.3 is 0 Å². The van der Waals surface area contributed by atoms with E-state index < -0.39 is 0 Å². The van der Waals surface area contributed by atoms with Crippen molar-refractivity contribution in [1.82, 2.24) is 9.78 Å². The summed E-state index contributed by atoms with van der Waals surface area (Å²) in [5.41, 5.74) is 2.01. The maximum atomic E-state index is 6.37. The van der Waals surface area contributed by atoms with E-state index in [9.17, 15) is 0 Å². The lowest BCUT2D eigenvalue weighted by Crippen LogP contribution is -2.15. The van der Waals surface area contributed by atoms with Crippen molar-refractivity contribution >= 4 is 17.3 Å². The average molecular weight is 304 g/mol. The fraction of sp³-hybridized carbons (Fsp3) is 0.471. The molecule has 0 amide bonds. The maximum absolute atomic E-state index is 6.37. The molecule has 0 spiro atoms. The largest absolute Gasteiger partial charge is 0.383 e. The van der Waals surface area contributed by atoms with Crippen LogP contribution < -0.4 is 5.32 Å². The van der Waals surface area contributed by atoms with Gasteiger partial charge in [0.05, 0.1) is 10.7 Å². The minimum Gasteiger partial charge on any atom is -0.383 e. The third kappa shape index (κ3) is 3.59. The maximum Gasteiger partial charge on any atom is 0.106 e. The molecule has 21 heavy (non-hydrogen) atoms. The molecule has 0 unspecified atom stereocenters. The summed E-state index contributed by atoms with van der Waals surface area (Å²) in [7, 11) is 0. The van der Waals surface area contributed by atoms with Crippen molar-refractivity contribution in [3.8, 4) is 5.69 Å². The van der Waals surface area contributed by atoms with Crippen LogP contribution in [-0.4, -0.2) is 16.3 Å². The van der Waals surface area contributed by atoms with Crippen LogP contribution in [0.2, 0.25) is 5.02 Å². The molecule has 1 aliphatic rings. The zero-order chi connectivity index (χ0) is 14.5. The molecule has 1 N–H and O–H groups in total. The molecule has 1 aromatic carbocycles. The molecule has 3 nitrogen and oxygen atoms in total. The van der Waals surface area contributed by atoms with Crippen LogP contribution in [0.5, 0.6) is 0 Å². The highest BCUT2D eigenvalue weighted by molar-refractivity contribution is 6.33. The lowest BCUT2D eigenvalue weighted by atomic mass is 10.0. The van der Waals surface area contributed by atoms with Crippen molar-refractivity contribution in [2.45, 2.75) is 38.5 Å². The van der Waals surface area contributed by atoms with E-state index in [0.29, 0.717) is 0 Å². The van der Waals surface area contributed by atoms with Crippen molar-refractivity contribution in [3.05, 3.63) is 41.7 Å². The molecule has 1 aromatic heterocycles. The van der Waals surface area contributed by atoms with Crippen LogP contribution in [0.15, 0.2) is 36.7 Å². The van der Waals surface area contributed by atoms with E-state index in [-0.39, 0.29) is 0 Å². The summed E-state index contributed by atoms with van der Waals surface area (Å²) in [6.07, 6.45) is 11.9. The standard InChI is InChI=1S/C17H22ClN3/c18-15-9-5-10-16(17(15)21-12-6-11-20-21)19-13-14-7-3-1-2-4-8-14/h5-6,9-12,14,19H,1-4,7-8,13H2. The number of hydrogen-bond acceptors (Lipinski definition) is 2. The van der Waals surface area contributed by atoms with Gasteiger partial charge in [-0.15, -0.1) is 0 Å². The molecule has 0 bridgehead atoms. The Balaban J connectivity index is 1.74. The SMILES string of the molecule is Clc1cccc(NCC2CCCCCC2)c1-n1cccn1. The molecule has 0 aliphatic heterocycles. The van der Waals surface area contributed by atoms with Crippen molar-refractivity contribution in [2.75, 3.05) is 11.9 Å². The highest BCUT2D eigenvalue weighted by Gasteiger charge is 2.14. The Morgan fingerprint density at radius 1 is 1.14 bits per heavy atom. The topological polar surface area (TPSA) is 29.9 Å². The van der Waals surface area contributed by atoms with Gasteiger partial charge in [0, 0.05) is 18.9 Å². The Hall–Kier alpha value is -1.48. The quantitative estimate of drug-likeness (QED) is 0.813. The van der Waals surface area contributed by atoms with E-state index in [0.717, 1.165) is 28.9 Å². The van der Waals surface area contributed by atoms with Gasteiger partial charge in [0.15, 0.2) is 0 Å². The molecule has 0 radical (unpaired) electrons. The average Bonchev–Trinajstić information content (AvgIpc) is 2.88. The van der Waals surface area contributed by atoms with Crippen molar-refractivity contribution in [1.29, 1.82) is 0 Å². The van der Waals surface area contributed by atoms with Crippen molar-refractivity contribution in [3.63, 3.8) is 0 Å². The second-order valence-corrected chi connectivity index (χ2v) is 6.23. The van der Waals surface area contributed by atoms with E-state index >= 15 is 0 Å². The van der Waals surface area contributed by atoms with Crippen LogP contribution >= 0.6 is 11.6 Å². The van der Waals surface area contributed by atoms with Gasteiger partial charge in [-0.2, -0.15) is 5.10 Å². The molecule has 1 saturated carbocycles. The summed E-state index contributed by atoms with van der Waals surface area (Å²) in [4.78, 5) is 0. The number of nitrogens with one attached hydrogen (secondary N) is 1. The van der Waals surface area contributed by atoms with Gasteiger partial charge in [-0.05, 0) is 37.0 Å². The van der Waals surface area contributed by atoms with Crippen LogP contribution in [0, 0.1) is 5.92 Å². The minimum atomic E-state index is 0.726. The molecule has 3 rings (SSSR count). The Bertz CT molecular complexity index is 557. The van der Waals surface area contributed by atoms with E-state index in [1.54, 1.807) is 6.20 Å². The van der Waals surface area contributed by atoms with Crippen LogP contribution in [0.25, 0.3) is 5.69 Å². The molecule has 1 heterocycles. The number of aromatic nitrogens is 2. The summed E-state index contributed by atoms with van der Waals surface area (Å²) in [5.74, 6) is 0.775. The normalized spacial score (nSPS) is 16.6. The summed E-state index contributed by atoms with van der Waals surface area (Å²) in [6, 6.07) is 7.90. The first-order valence-electron chi connectivity index (χ1n) is 7.87. The first-order chi connectivity index (χ1) is 10.3. The fourth-order valence-electron chi connectivity index (χ4n) is 3.11. The Labute approximate surface area is 131 Å². The number of hydrogen-bond donors (Lipinski definition) is 1. The second-order valence-electron chi connectivity index (χ2n) is 5.83. The molecule has 1 fully saturated rings. The minimum absolute atomic E-state index is 0.726. The third-order valence-electron chi connectivity index (χ3n) is 4.28. The van der Waals surface area contributed by atoms with Crippen molar-refractivity contribution in [2.24, 2.45) is 5.92 Å². The molecule has 0 atom stereocenters. The second kappa shape index (κ2) is 6.99. The molecule has 2 aromatic rings. The third-order valence-corrected chi connectivity index (χ3v) is 4.58. The number of nitrogens with zero attached hydrogens (tertiary/aromatic N) is 2. The molecule has 112 valence electrons. The van der Waals surface area contributed by atoms with E-state index in [2.05, 4.69) is 16.5 Å². The number of rotatable bonds is 4. The van der Waals surface area contributed by atoms with E-state index in [4.69, 9.17) is 11.6 Å². The van der Waals surface area contributed by atoms with E-state index in [1.807, 2.05) is 29.1 Å². The van der Waals surface area contributed by atoms with Gasteiger partial charge in [0.2, 0.25) is 0 Å². The smallest absolute Gasteiger partial charge is 0.106 e. The van der Waals surface area contributed by atoms with E-state index in [1.165, 1.54) is 38.5 Å². The van der Waals surface area contributed by atoms with Gasteiger partial charge in [0.1, 0.15) is 5.69 Å². The Morgan fingerprint density at radius 2 is 1.95 bits per heavy atom. The molecular formula is C17H22ClN3. The molecule has 0 saturated heterocycles. The monoisotopic (exact) mass is 303 g/mol. The van der Waals surface area contributed by atoms with Gasteiger partial charge in [-0.1, -0.05) is 43.4 Å². The van der Waals surface area contributed by atoms with Gasteiger partial charge in [0.25, 0.3) is 0 Å². The Kier molecular flexibility index (Phi) is 4.81. The fourth-order valence-corrected chi connectivity index (χ4v) is 3.38. The lowest BCUT2D eigenvalue weighted by Gasteiger charge is -2.18. The van der Waals surface area contributed by atoms with Gasteiger partial charge in [-0.3, -0.25) is 0 Å². The predicted octanol–water partition coefficient (Wildman–Crippen LogP) is 4.91. The van der Waals surface area contributed by atoms with Crippen LogP contribution in [-0.2, 0) is 0 Å². The zero-order valence-electron chi connectivity index (χ0n) is 12.3. The number of anilines is 1. The number of para-hydroxylation sites is 1. The zero-order valence-corrected chi connectivity index (χ0v) is 13.0. The lowest BCUT2D eigenvalue weighted by molar-refractivity contribution is 0.483. The molecular weight excluding hydrogens is 282 g/mol. The summed E-state index contributed by atoms with van der Waals surface area (Å²) >= 11 is 6.37. The number of benzene rings is 1. The molecule has 4 heteroatoms. The Morgan fingerprint density at radius 3 is 2.67 bits per heavy atom. The highest BCUT2D eigenvalue weighted by Crippen LogP contribution is 2.29. The summed E-state index contributed by atoms with van der Waals surface area (Å²) in [6.45, 7) is 1.02. The van der Waals surface area contributed by atoms with Crippen LogP contribution in [0.3, 0.4) is 0 Å². The summed E-state index contributed by atoms with van der Waals surface area (Å²) in [5, 5.41) is 8.63. The van der Waals surface area contributed by atoms with Crippen LogP contribution in [0.1, 0.15) is 38.5 Å². The van der Waals surface area contributed by atoms with Gasteiger partial charge < -0.3 is 5.32 Å². The number of halogens is 1. The van der Waals surface area contributed by atoms with Gasteiger partial charge in [-0.25, -0.2) is 4.68 Å². The first kappa shape index (κ1) is 14.5. The first-order valence-corrected chi connectivity index (χ1v) is 8.25. The van der Waals surface area contributed by atoms with Crippen molar-refractivity contribution < 1.29 is 0 Å².